The molecule has 0 spiro atoms. The molecule has 3 atom stereocenters. The van der Waals surface area contributed by atoms with Crippen LogP contribution < -0.4 is 4.74 Å². The third kappa shape index (κ3) is 3.94. The largest absolute Gasteiger partial charge is 0.496 e. The first-order valence-corrected chi connectivity index (χ1v) is 9.61. The summed E-state index contributed by atoms with van der Waals surface area (Å²) in [5.74, 6) is 1.06. The van der Waals surface area contributed by atoms with Crippen molar-refractivity contribution in [3.8, 4) is 5.75 Å². The normalized spacial score (nSPS) is 24.4. The van der Waals surface area contributed by atoms with Gasteiger partial charge in [0.15, 0.2) is 0 Å². The zero-order valence-electron chi connectivity index (χ0n) is 16.2. The van der Waals surface area contributed by atoms with Crippen molar-refractivity contribution in [1.82, 2.24) is 4.90 Å². The maximum atomic E-state index is 11.8. The summed E-state index contributed by atoms with van der Waals surface area (Å²) in [7, 11) is 5.94. The van der Waals surface area contributed by atoms with E-state index in [-0.39, 0.29) is 12.0 Å². The van der Waals surface area contributed by atoms with E-state index in [0.29, 0.717) is 6.42 Å². The van der Waals surface area contributed by atoms with E-state index in [4.69, 9.17) is 4.74 Å². The third-order valence-corrected chi connectivity index (χ3v) is 5.83. The van der Waals surface area contributed by atoms with E-state index in [1.54, 1.807) is 7.11 Å². The van der Waals surface area contributed by atoms with Crippen LogP contribution in [0.2, 0.25) is 0 Å². The summed E-state index contributed by atoms with van der Waals surface area (Å²) < 4.78 is 5.54. The molecule has 1 N–H and O–H groups in total. The monoisotopic (exact) mass is 353 g/mol. The second-order valence-electron chi connectivity index (χ2n) is 7.76. The minimum atomic E-state index is -0.725. The van der Waals surface area contributed by atoms with Gasteiger partial charge in [0.25, 0.3) is 0 Å². The second kappa shape index (κ2) is 8.24. The number of hydrogen-bond donors (Lipinski definition) is 1. The van der Waals surface area contributed by atoms with E-state index in [9.17, 15) is 5.11 Å². The lowest BCUT2D eigenvalue weighted by atomic mass is 9.67. The van der Waals surface area contributed by atoms with Crippen molar-refractivity contribution in [1.29, 1.82) is 0 Å². The van der Waals surface area contributed by atoms with E-state index in [2.05, 4.69) is 55.4 Å². The van der Waals surface area contributed by atoms with Gasteiger partial charge in [0.2, 0.25) is 0 Å². The van der Waals surface area contributed by atoms with Crippen molar-refractivity contribution in [3.05, 3.63) is 65.7 Å². The zero-order valence-corrected chi connectivity index (χ0v) is 16.2. The zero-order chi connectivity index (χ0) is 18.6. The summed E-state index contributed by atoms with van der Waals surface area (Å²) in [6.07, 6.45) is 4.78. The van der Waals surface area contributed by atoms with Crippen molar-refractivity contribution in [3.63, 3.8) is 0 Å². The molecule has 1 aliphatic carbocycles. The van der Waals surface area contributed by atoms with Crippen molar-refractivity contribution in [2.75, 3.05) is 21.2 Å². The smallest absolute Gasteiger partial charge is 0.122 e. The Hall–Kier alpha value is -1.84. The van der Waals surface area contributed by atoms with E-state index < -0.39 is 5.60 Å². The maximum absolute atomic E-state index is 11.8. The van der Waals surface area contributed by atoms with Gasteiger partial charge in [-0.25, -0.2) is 0 Å². The molecule has 140 valence electrons. The van der Waals surface area contributed by atoms with Crippen LogP contribution in [-0.2, 0) is 6.42 Å². The molecule has 3 heteroatoms. The fourth-order valence-electron chi connectivity index (χ4n) is 4.64. The molecular formula is C23H31NO2. The number of methoxy groups -OCH3 is 1. The van der Waals surface area contributed by atoms with Crippen LogP contribution in [0.4, 0.5) is 0 Å². The van der Waals surface area contributed by atoms with Crippen LogP contribution in [0.15, 0.2) is 54.6 Å². The SMILES string of the molecule is COc1ccccc1CC1(O)CCCCC1C(c1ccccc1)N(C)C. The molecule has 0 amide bonds. The van der Waals surface area contributed by atoms with Crippen LogP contribution in [0, 0.1) is 5.92 Å². The molecule has 2 aromatic carbocycles. The number of rotatable bonds is 6. The molecule has 1 saturated carbocycles. The molecule has 1 fully saturated rings. The summed E-state index contributed by atoms with van der Waals surface area (Å²) in [5, 5.41) is 11.8. The van der Waals surface area contributed by atoms with Gasteiger partial charge >= 0.3 is 0 Å². The molecule has 0 saturated heterocycles. The quantitative estimate of drug-likeness (QED) is 0.832. The highest BCUT2D eigenvalue weighted by atomic mass is 16.5. The molecule has 3 unspecified atom stereocenters. The molecule has 3 rings (SSSR count). The number of aliphatic hydroxyl groups is 1. The predicted octanol–water partition coefficient (Wildman–Crippen LogP) is 4.46. The Labute approximate surface area is 157 Å². The first-order valence-electron chi connectivity index (χ1n) is 9.61. The number of para-hydroxylation sites is 1. The first-order chi connectivity index (χ1) is 12.5. The number of nitrogens with zero attached hydrogens (tertiary/aromatic N) is 1. The minimum Gasteiger partial charge on any atom is -0.496 e. The Balaban J connectivity index is 1.95. The highest BCUT2D eigenvalue weighted by Crippen LogP contribution is 2.45. The van der Waals surface area contributed by atoms with Gasteiger partial charge in [-0.1, -0.05) is 61.4 Å². The van der Waals surface area contributed by atoms with Crippen LogP contribution in [0.5, 0.6) is 5.75 Å². The average Bonchev–Trinajstić information content (AvgIpc) is 2.64. The van der Waals surface area contributed by atoms with Crippen molar-refractivity contribution >= 4 is 0 Å². The molecule has 0 aliphatic heterocycles. The van der Waals surface area contributed by atoms with Gasteiger partial charge in [-0.2, -0.15) is 0 Å². The van der Waals surface area contributed by atoms with Crippen molar-refractivity contribution in [2.24, 2.45) is 5.92 Å². The average molecular weight is 354 g/mol. The Bertz CT molecular complexity index is 700. The number of hydrogen-bond acceptors (Lipinski definition) is 3. The second-order valence-corrected chi connectivity index (χ2v) is 7.76. The summed E-state index contributed by atoms with van der Waals surface area (Å²) in [4.78, 5) is 2.26. The van der Waals surface area contributed by atoms with E-state index in [0.717, 1.165) is 30.6 Å². The lowest BCUT2D eigenvalue weighted by Gasteiger charge is -2.46. The maximum Gasteiger partial charge on any atom is 0.122 e. The third-order valence-electron chi connectivity index (χ3n) is 5.83. The van der Waals surface area contributed by atoms with Gasteiger partial charge in [0, 0.05) is 18.4 Å². The minimum absolute atomic E-state index is 0.193. The summed E-state index contributed by atoms with van der Waals surface area (Å²) in [5.41, 5.74) is 1.65. The highest BCUT2D eigenvalue weighted by Gasteiger charge is 2.44. The topological polar surface area (TPSA) is 32.7 Å². The number of ether oxygens (including phenoxy) is 1. The fourth-order valence-corrected chi connectivity index (χ4v) is 4.64. The van der Waals surface area contributed by atoms with E-state index in [1.807, 2.05) is 18.2 Å². The molecule has 3 nitrogen and oxygen atoms in total. The van der Waals surface area contributed by atoms with Crippen molar-refractivity contribution < 1.29 is 9.84 Å². The highest BCUT2D eigenvalue weighted by molar-refractivity contribution is 5.35. The van der Waals surface area contributed by atoms with E-state index >= 15 is 0 Å². The Morgan fingerprint density at radius 1 is 1.08 bits per heavy atom. The molecule has 0 heterocycles. The predicted molar refractivity (Wildman–Crippen MR) is 106 cm³/mol. The lowest BCUT2D eigenvalue weighted by Crippen LogP contribution is -2.48. The summed E-state index contributed by atoms with van der Waals surface area (Å²) in [6, 6.07) is 18.9. The fraction of sp³-hybridized carbons (Fsp3) is 0.478. The Morgan fingerprint density at radius 3 is 2.46 bits per heavy atom. The van der Waals surface area contributed by atoms with Gasteiger partial charge in [-0.15, -0.1) is 0 Å². The van der Waals surface area contributed by atoms with Crippen LogP contribution in [0.3, 0.4) is 0 Å². The molecule has 0 bridgehead atoms. The van der Waals surface area contributed by atoms with E-state index in [1.165, 1.54) is 12.0 Å². The van der Waals surface area contributed by atoms with Gasteiger partial charge in [-0.05, 0) is 44.1 Å². The molecule has 26 heavy (non-hydrogen) atoms. The van der Waals surface area contributed by atoms with Crippen LogP contribution >= 0.6 is 0 Å². The first kappa shape index (κ1) is 18.9. The molecule has 2 aromatic rings. The van der Waals surface area contributed by atoms with Crippen LogP contribution in [0.1, 0.15) is 42.9 Å². The van der Waals surface area contributed by atoms with Gasteiger partial charge in [0.1, 0.15) is 5.75 Å². The van der Waals surface area contributed by atoms with Crippen molar-refractivity contribution in [2.45, 2.75) is 43.7 Å². The summed E-state index contributed by atoms with van der Waals surface area (Å²) >= 11 is 0. The Kier molecular flexibility index (Phi) is 6.00. The van der Waals surface area contributed by atoms with Gasteiger partial charge in [0.05, 0.1) is 12.7 Å². The summed E-state index contributed by atoms with van der Waals surface area (Å²) in [6.45, 7) is 0. The molecule has 1 aliphatic rings. The Morgan fingerprint density at radius 2 is 1.77 bits per heavy atom. The van der Waals surface area contributed by atoms with Gasteiger partial charge < -0.3 is 14.7 Å². The standard InChI is InChI=1S/C23H31NO2/c1-24(2)22(18-11-5-4-6-12-18)20-14-9-10-16-23(20,25)17-19-13-7-8-15-21(19)26-3/h4-8,11-13,15,20,22,25H,9-10,14,16-17H2,1-3H3. The van der Waals surface area contributed by atoms with Gasteiger partial charge in [-0.3, -0.25) is 0 Å². The lowest BCUT2D eigenvalue weighted by molar-refractivity contribution is -0.0773. The molecule has 0 aromatic heterocycles. The van der Waals surface area contributed by atoms with Crippen LogP contribution in [0.25, 0.3) is 0 Å². The van der Waals surface area contributed by atoms with Crippen LogP contribution in [-0.4, -0.2) is 36.8 Å². The molecular weight excluding hydrogens is 322 g/mol. The molecule has 0 radical (unpaired) electrons. The number of benzene rings is 2.